The summed E-state index contributed by atoms with van der Waals surface area (Å²) in [6.45, 7) is -0.584. The molecule has 1 fully saturated rings. The summed E-state index contributed by atoms with van der Waals surface area (Å²) in [6, 6.07) is 7.92. The fourth-order valence-corrected chi connectivity index (χ4v) is 4.08. The van der Waals surface area contributed by atoms with E-state index in [0.29, 0.717) is 29.1 Å². The van der Waals surface area contributed by atoms with Crippen LogP contribution in [0.1, 0.15) is 5.56 Å². The molecule has 29 heavy (non-hydrogen) atoms. The second kappa shape index (κ2) is 8.91. The Morgan fingerprint density at radius 2 is 2.00 bits per heavy atom. The Labute approximate surface area is 182 Å². The molecule has 0 saturated carbocycles. The fourth-order valence-electron chi connectivity index (χ4n) is 2.48. The molecular weight excluding hydrogens is 517 g/mol. The van der Waals surface area contributed by atoms with Crippen LogP contribution in [-0.4, -0.2) is 35.6 Å². The smallest absolute Gasteiger partial charge is 0.294 e. The molecule has 0 unspecified atom stereocenters. The maximum absolute atomic E-state index is 13.6. The minimum atomic E-state index is -0.957. The number of halogens is 3. The molecule has 2 aromatic carbocycles. The number of methoxy groups -OCH3 is 1. The highest BCUT2D eigenvalue weighted by Crippen LogP contribution is 2.33. The van der Waals surface area contributed by atoms with Gasteiger partial charge in [-0.1, -0.05) is 6.07 Å². The number of hydrogen-bond donors (Lipinski definition) is 1. The third-order valence-electron chi connectivity index (χ3n) is 3.85. The van der Waals surface area contributed by atoms with Crippen LogP contribution < -0.4 is 10.1 Å². The first-order chi connectivity index (χ1) is 13.8. The number of benzene rings is 2. The molecule has 1 aliphatic rings. The zero-order valence-electron chi connectivity index (χ0n) is 14.9. The molecule has 0 aliphatic carbocycles. The Morgan fingerprint density at radius 3 is 2.66 bits per heavy atom. The van der Waals surface area contributed by atoms with Gasteiger partial charge in [0.1, 0.15) is 23.9 Å². The first kappa shape index (κ1) is 21.2. The zero-order chi connectivity index (χ0) is 21.1. The van der Waals surface area contributed by atoms with E-state index in [2.05, 4.69) is 27.9 Å². The van der Waals surface area contributed by atoms with Gasteiger partial charge in [-0.25, -0.2) is 8.78 Å². The second-order valence-corrected chi connectivity index (χ2v) is 7.99. The quantitative estimate of drug-likeness (QED) is 0.462. The van der Waals surface area contributed by atoms with Gasteiger partial charge in [0.15, 0.2) is 0 Å². The number of nitrogens with zero attached hydrogens (tertiary/aromatic N) is 1. The van der Waals surface area contributed by atoms with Crippen LogP contribution in [0.25, 0.3) is 6.08 Å². The summed E-state index contributed by atoms with van der Waals surface area (Å²) >= 11 is 2.79. The number of imide groups is 1. The average Bonchev–Trinajstić information content (AvgIpc) is 2.91. The van der Waals surface area contributed by atoms with Gasteiger partial charge >= 0.3 is 0 Å². The Kier molecular flexibility index (Phi) is 6.52. The maximum atomic E-state index is 13.6. The van der Waals surface area contributed by atoms with E-state index in [-0.39, 0.29) is 10.6 Å². The van der Waals surface area contributed by atoms with E-state index in [1.165, 1.54) is 0 Å². The number of rotatable bonds is 5. The minimum absolute atomic E-state index is 0.164. The van der Waals surface area contributed by atoms with E-state index in [0.717, 1.165) is 20.6 Å². The van der Waals surface area contributed by atoms with Crippen molar-refractivity contribution in [3.63, 3.8) is 0 Å². The topological polar surface area (TPSA) is 75.7 Å². The molecule has 0 radical (unpaired) electrons. The van der Waals surface area contributed by atoms with Crippen molar-refractivity contribution in [2.45, 2.75) is 0 Å². The Balaban J connectivity index is 1.71. The predicted octanol–water partition coefficient (Wildman–Crippen LogP) is 4.25. The van der Waals surface area contributed by atoms with Crippen molar-refractivity contribution in [2.24, 2.45) is 0 Å². The number of carbonyl (C=O) groups excluding carboxylic acids is 3. The normalized spacial score (nSPS) is 15.2. The lowest BCUT2D eigenvalue weighted by Gasteiger charge is -2.12. The van der Waals surface area contributed by atoms with Crippen LogP contribution in [0.3, 0.4) is 0 Å². The van der Waals surface area contributed by atoms with E-state index in [1.54, 1.807) is 31.4 Å². The predicted molar refractivity (Wildman–Crippen MR) is 113 cm³/mol. The third-order valence-corrected chi connectivity index (χ3v) is 5.60. The monoisotopic (exact) mass is 530 g/mol. The SMILES string of the molecule is COc1ccc(/C=C2\SC(=O)N(CC(=O)Nc3ccc(F)cc3F)C2=O)cc1I. The van der Waals surface area contributed by atoms with Gasteiger partial charge in [0.25, 0.3) is 11.1 Å². The highest BCUT2D eigenvalue weighted by Gasteiger charge is 2.36. The van der Waals surface area contributed by atoms with Crippen LogP contribution in [-0.2, 0) is 9.59 Å². The molecule has 150 valence electrons. The Hall–Kier alpha value is -2.47. The molecule has 1 heterocycles. The highest BCUT2D eigenvalue weighted by atomic mass is 127. The van der Waals surface area contributed by atoms with Gasteiger partial charge in [0, 0.05) is 6.07 Å². The maximum Gasteiger partial charge on any atom is 0.294 e. The summed E-state index contributed by atoms with van der Waals surface area (Å²) in [5.41, 5.74) is 0.449. The van der Waals surface area contributed by atoms with E-state index < -0.39 is 35.2 Å². The van der Waals surface area contributed by atoms with Gasteiger partial charge in [-0.3, -0.25) is 19.3 Å². The third kappa shape index (κ3) is 4.93. The summed E-state index contributed by atoms with van der Waals surface area (Å²) in [5, 5.41) is 1.61. The first-order valence-corrected chi connectivity index (χ1v) is 10.0. The Morgan fingerprint density at radius 1 is 1.24 bits per heavy atom. The highest BCUT2D eigenvalue weighted by molar-refractivity contribution is 14.1. The van der Waals surface area contributed by atoms with Gasteiger partial charge in [-0.05, 0) is 70.3 Å². The van der Waals surface area contributed by atoms with E-state index in [4.69, 9.17) is 4.74 Å². The van der Waals surface area contributed by atoms with E-state index >= 15 is 0 Å². The molecule has 6 nitrogen and oxygen atoms in total. The number of thioether (sulfide) groups is 1. The van der Waals surface area contributed by atoms with Gasteiger partial charge in [0.05, 0.1) is 21.3 Å². The fraction of sp³-hybridized carbons (Fsp3) is 0.105. The molecule has 1 aliphatic heterocycles. The lowest BCUT2D eigenvalue weighted by Crippen LogP contribution is -2.36. The van der Waals surface area contributed by atoms with Gasteiger partial charge in [-0.15, -0.1) is 0 Å². The lowest BCUT2D eigenvalue weighted by molar-refractivity contribution is -0.127. The summed E-state index contributed by atoms with van der Waals surface area (Å²) in [6.07, 6.45) is 1.55. The van der Waals surface area contributed by atoms with Gasteiger partial charge in [0.2, 0.25) is 5.91 Å². The van der Waals surface area contributed by atoms with Crippen molar-refractivity contribution in [3.8, 4) is 5.75 Å². The summed E-state index contributed by atoms with van der Waals surface area (Å²) in [7, 11) is 1.55. The van der Waals surface area contributed by atoms with Crippen molar-refractivity contribution in [1.29, 1.82) is 0 Å². The molecule has 0 bridgehead atoms. The molecule has 2 aromatic rings. The largest absolute Gasteiger partial charge is 0.496 e. The van der Waals surface area contributed by atoms with Crippen molar-refractivity contribution >= 4 is 63.2 Å². The average molecular weight is 530 g/mol. The van der Waals surface area contributed by atoms with Crippen LogP contribution in [0.5, 0.6) is 5.75 Å². The summed E-state index contributed by atoms with van der Waals surface area (Å²) in [4.78, 5) is 37.7. The molecule has 1 saturated heterocycles. The number of amides is 3. The number of nitrogens with one attached hydrogen (secondary N) is 1. The standard InChI is InChI=1S/C19H13F2IN2O4S/c1-28-15-5-2-10(6-13(15)22)7-16-18(26)24(19(27)29-16)9-17(25)23-14-4-3-11(20)8-12(14)21/h2-8H,9H2,1H3,(H,23,25)/b16-7-. The molecule has 3 amide bonds. The lowest BCUT2D eigenvalue weighted by atomic mass is 10.2. The second-order valence-electron chi connectivity index (χ2n) is 5.83. The molecule has 0 atom stereocenters. The summed E-state index contributed by atoms with van der Waals surface area (Å²) < 4.78 is 32.6. The van der Waals surface area contributed by atoms with Crippen LogP contribution in [0.15, 0.2) is 41.3 Å². The molecular formula is C19H13F2IN2O4S. The number of carbonyl (C=O) groups is 3. The van der Waals surface area contributed by atoms with Crippen molar-refractivity contribution in [1.82, 2.24) is 4.90 Å². The van der Waals surface area contributed by atoms with Crippen molar-refractivity contribution in [3.05, 3.63) is 62.1 Å². The van der Waals surface area contributed by atoms with E-state index in [9.17, 15) is 23.2 Å². The number of ether oxygens (including phenoxy) is 1. The minimum Gasteiger partial charge on any atom is -0.496 e. The molecule has 1 N–H and O–H groups in total. The van der Waals surface area contributed by atoms with Crippen molar-refractivity contribution in [2.75, 3.05) is 19.0 Å². The Bertz CT molecular complexity index is 1040. The zero-order valence-corrected chi connectivity index (χ0v) is 17.8. The number of hydrogen-bond acceptors (Lipinski definition) is 5. The first-order valence-electron chi connectivity index (χ1n) is 8.12. The molecule has 0 spiro atoms. The van der Waals surface area contributed by atoms with Gasteiger partial charge < -0.3 is 10.1 Å². The molecule has 3 rings (SSSR count). The summed E-state index contributed by atoms with van der Waals surface area (Å²) in [5.74, 6) is -2.47. The van der Waals surface area contributed by atoms with Crippen LogP contribution in [0, 0.1) is 15.2 Å². The van der Waals surface area contributed by atoms with Crippen LogP contribution in [0.4, 0.5) is 19.3 Å². The van der Waals surface area contributed by atoms with Gasteiger partial charge in [-0.2, -0.15) is 0 Å². The van der Waals surface area contributed by atoms with Crippen LogP contribution in [0.2, 0.25) is 0 Å². The van der Waals surface area contributed by atoms with E-state index in [1.807, 2.05) is 0 Å². The molecule has 10 heteroatoms. The number of anilines is 1. The molecule has 0 aromatic heterocycles. The van der Waals surface area contributed by atoms with Crippen LogP contribution >= 0.6 is 34.4 Å². The van der Waals surface area contributed by atoms with Crippen molar-refractivity contribution < 1.29 is 27.9 Å².